The fourth-order valence-corrected chi connectivity index (χ4v) is 1.03. The van der Waals surface area contributed by atoms with Gasteiger partial charge in [0.1, 0.15) is 6.04 Å². The van der Waals surface area contributed by atoms with E-state index in [9.17, 15) is 4.79 Å². The van der Waals surface area contributed by atoms with Crippen LogP contribution in [0.2, 0.25) is 0 Å². The van der Waals surface area contributed by atoms with Crippen molar-refractivity contribution >= 4 is 5.97 Å². The topological polar surface area (TPSA) is 101 Å². The van der Waals surface area contributed by atoms with E-state index < -0.39 is 12.0 Å². The lowest BCUT2D eigenvalue weighted by molar-refractivity contribution is -0.139. The van der Waals surface area contributed by atoms with Gasteiger partial charge in [-0.25, -0.2) is 0 Å². The second-order valence-electron chi connectivity index (χ2n) is 2.92. The molecule has 1 unspecified atom stereocenters. The average molecular weight is 189 g/mol. The maximum absolute atomic E-state index is 10.6. The minimum absolute atomic E-state index is 0.390. The Bertz CT molecular complexity index is 141. The molecule has 78 valence electrons. The van der Waals surface area contributed by atoms with Crippen molar-refractivity contribution in [3.63, 3.8) is 0 Å². The van der Waals surface area contributed by atoms with Gasteiger partial charge in [0, 0.05) is 0 Å². The monoisotopic (exact) mass is 189 g/mol. The summed E-state index contributed by atoms with van der Waals surface area (Å²) in [5, 5.41) is 11.6. The van der Waals surface area contributed by atoms with E-state index in [2.05, 4.69) is 5.32 Å². The summed E-state index contributed by atoms with van der Waals surface area (Å²) < 4.78 is 0. The molecule has 5 heteroatoms. The lowest BCUT2D eigenvalue weighted by Crippen LogP contribution is -2.38. The third-order valence-electron chi connectivity index (χ3n) is 1.78. The van der Waals surface area contributed by atoms with Gasteiger partial charge in [0.15, 0.2) is 0 Å². The zero-order valence-electron chi connectivity index (χ0n) is 7.83. The minimum Gasteiger partial charge on any atom is -0.480 e. The van der Waals surface area contributed by atoms with Crippen LogP contribution >= 0.6 is 0 Å². The first-order valence-corrected chi connectivity index (χ1v) is 4.58. The average Bonchev–Trinajstić information content (AvgIpc) is 2.10. The van der Waals surface area contributed by atoms with Crippen LogP contribution in [0, 0.1) is 0 Å². The Balaban J connectivity index is 3.51. The number of hydrogen-bond donors (Lipinski definition) is 4. The molecular weight excluding hydrogens is 170 g/mol. The summed E-state index contributed by atoms with van der Waals surface area (Å²) in [6.07, 6.45) is 2.30. The van der Waals surface area contributed by atoms with Gasteiger partial charge in [-0.2, -0.15) is 0 Å². The van der Waals surface area contributed by atoms with E-state index in [0.29, 0.717) is 26.1 Å². The number of nitrogens with two attached hydrogens (primary N) is 2. The molecule has 0 fully saturated rings. The predicted octanol–water partition coefficient (Wildman–Crippen LogP) is -0.883. The van der Waals surface area contributed by atoms with E-state index in [-0.39, 0.29) is 0 Å². The Morgan fingerprint density at radius 1 is 1.31 bits per heavy atom. The van der Waals surface area contributed by atoms with Crippen LogP contribution in [0.25, 0.3) is 0 Å². The van der Waals surface area contributed by atoms with Crippen LogP contribution in [0.4, 0.5) is 0 Å². The van der Waals surface area contributed by atoms with Crippen LogP contribution in [-0.4, -0.2) is 36.8 Å². The maximum Gasteiger partial charge on any atom is 0.320 e. The van der Waals surface area contributed by atoms with E-state index in [1.807, 2.05) is 0 Å². The van der Waals surface area contributed by atoms with Crippen LogP contribution in [0.5, 0.6) is 0 Å². The molecule has 0 bridgehead atoms. The van der Waals surface area contributed by atoms with Gasteiger partial charge in [-0.15, -0.1) is 0 Å². The zero-order chi connectivity index (χ0) is 10.1. The number of rotatable bonds is 8. The van der Waals surface area contributed by atoms with E-state index in [4.69, 9.17) is 16.6 Å². The summed E-state index contributed by atoms with van der Waals surface area (Å²) in [5.74, 6) is -0.835. The molecule has 0 rings (SSSR count). The van der Waals surface area contributed by atoms with Crippen LogP contribution < -0.4 is 16.8 Å². The van der Waals surface area contributed by atoms with Gasteiger partial charge in [0.05, 0.1) is 0 Å². The molecule has 0 aromatic carbocycles. The third-order valence-corrected chi connectivity index (χ3v) is 1.78. The number of hydrogen-bond acceptors (Lipinski definition) is 4. The smallest absolute Gasteiger partial charge is 0.320 e. The van der Waals surface area contributed by atoms with Crippen molar-refractivity contribution in [2.24, 2.45) is 11.5 Å². The number of carbonyl (C=O) groups is 1. The highest BCUT2D eigenvalue weighted by Gasteiger charge is 2.14. The molecule has 0 aliphatic carbocycles. The number of nitrogens with one attached hydrogen (secondary N) is 1. The molecular formula is C8H19N3O2. The molecule has 0 aromatic heterocycles. The van der Waals surface area contributed by atoms with E-state index in [1.165, 1.54) is 0 Å². The summed E-state index contributed by atoms with van der Waals surface area (Å²) in [6, 6.07) is -0.511. The third kappa shape index (κ3) is 6.51. The molecule has 0 saturated heterocycles. The van der Waals surface area contributed by atoms with Gasteiger partial charge in [0.25, 0.3) is 0 Å². The number of carboxylic acids is 1. The Hall–Kier alpha value is -0.650. The molecule has 6 N–H and O–H groups in total. The molecule has 13 heavy (non-hydrogen) atoms. The first-order valence-electron chi connectivity index (χ1n) is 4.58. The molecule has 0 aromatic rings. The van der Waals surface area contributed by atoms with Gasteiger partial charge in [-0.3, -0.25) is 4.79 Å². The quantitative estimate of drug-likeness (QED) is 0.371. The highest BCUT2D eigenvalue weighted by Crippen LogP contribution is 1.91. The lowest BCUT2D eigenvalue weighted by Gasteiger charge is -2.12. The summed E-state index contributed by atoms with van der Waals surface area (Å²) in [5.41, 5.74) is 10.6. The molecule has 0 saturated carbocycles. The fourth-order valence-electron chi connectivity index (χ4n) is 1.03. The van der Waals surface area contributed by atoms with Crippen molar-refractivity contribution in [1.29, 1.82) is 0 Å². The van der Waals surface area contributed by atoms with Crippen LogP contribution in [0.1, 0.15) is 19.3 Å². The normalized spacial score (nSPS) is 12.8. The number of unbranched alkanes of at least 4 members (excludes halogenated alkanes) is 1. The van der Waals surface area contributed by atoms with E-state index >= 15 is 0 Å². The second-order valence-corrected chi connectivity index (χ2v) is 2.92. The summed E-state index contributed by atoms with van der Waals surface area (Å²) in [6.45, 7) is 1.73. The summed E-state index contributed by atoms with van der Waals surface area (Å²) in [4.78, 5) is 10.6. The van der Waals surface area contributed by atoms with E-state index in [0.717, 1.165) is 12.8 Å². The van der Waals surface area contributed by atoms with Crippen molar-refractivity contribution in [3.05, 3.63) is 0 Å². The van der Waals surface area contributed by atoms with Crippen LogP contribution in [-0.2, 0) is 4.79 Å². The molecule has 0 heterocycles. The predicted molar refractivity (Wildman–Crippen MR) is 51.4 cm³/mol. The zero-order valence-corrected chi connectivity index (χ0v) is 7.83. The SMILES string of the molecule is NCCCCNC(CCN)C(=O)O. The van der Waals surface area contributed by atoms with Gasteiger partial charge >= 0.3 is 5.97 Å². The van der Waals surface area contributed by atoms with Crippen molar-refractivity contribution in [3.8, 4) is 0 Å². The maximum atomic E-state index is 10.6. The van der Waals surface area contributed by atoms with Crippen molar-refractivity contribution in [1.82, 2.24) is 5.32 Å². The minimum atomic E-state index is -0.835. The van der Waals surface area contributed by atoms with Crippen molar-refractivity contribution in [2.45, 2.75) is 25.3 Å². The van der Waals surface area contributed by atoms with Gasteiger partial charge in [-0.05, 0) is 38.9 Å². The molecule has 0 aliphatic heterocycles. The number of carboxylic acid groups (broad SMARTS) is 1. The second kappa shape index (κ2) is 7.97. The summed E-state index contributed by atoms with van der Waals surface area (Å²) in [7, 11) is 0. The standard InChI is InChI=1S/C8H19N3O2/c9-4-1-2-6-11-7(3-5-10)8(12)13/h7,11H,1-6,9-10H2,(H,12,13). The Morgan fingerprint density at radius 3 is 2.46 bits per heavy atom. The molecule has 0 amide bonds. The van der Waals surface area contributed by atoms with Crippen molar-refractivity contribution in [2.75, 3.05) is 19.6 Å². The lowest BCUT2D eigenvalue weighted by atomic mass is 10.2. The first kappa shape index (κ1) is 12.3. The number of aliphatic carboxylic acids is 1. The van der Waals surface area contributed by atoms with Crippen molar-refractivity contribution < 1.29 is 9.90 Å². The molecule has 1 atom stereocenters. The van der Waals surface area contributed by atoms with Gasteiger partial charge in [-0.1, -0.05) is 0 Å². The summed E-state index contributed by atoms with van der Waals surface area (Å²) >= 11 is 0. The Kier molecular flexibility index (Phi) is 7.57. The van der Waals surface area contributed by atoms with Gasteiger partial charge in [0.2, 0.25) is 0 Å². The molecule has 0 spiro atoms. The Morgan fingerprint density at radius 2 is 2.00 bits per heavy atom. The van der Waals surface area contributed by atoms with Crippen LogP contribution in [0.15, 0.2) is 0 Å². The van der Waals surface area contributed by atoms with Gasteiger partial charge < -0.3 is 21.9 Å². The highest BCUT2D eigenvalue weighted by atomic mass is 16.4. The van der Waals surface area contributed by atoms with Crippen LogP contribution in [0.3, 0.4) is 0 Å². The molecule has 0 aliphatic rings. The Labute approximate surface area is 78.5 Å². The molecule has 5 nitrogen and oxygen atoms in total. The first-order chi connectivity index (χ1) is 6.22. The van der Waals surface area contributed by atoms with E-state index in [1.54, 1.807) is 0 Å². The largest absolute Gasteiger partial charge is 0.480 e. The molecule has 0 radical (unpaired) electrons. The highest BCUT2D eigenvalue weighted by molar-refractivity contribution is 5.73. The fraction of sp³-hybridized carbons (Fsp3) is 0.875.